The zero-order chi connectivity index (χ0) is 15.4. The molecule has 0 aliphatic rings. The lowest BCUT2D eigenvalue weighted by molar-refractivity contribution is 0.470. The minimum atomic E-state index is -3.13. The van der Waals surface area contributed by atoms with E-state index in [1.807, 2.05) is 24.9 Å². The second-order valence-corrected chi connectivity index (χ2v) is 6.48. The summed E-state index contributed by atoms with van der Waals surface area (Å²) in [5.41, 5.74) is 0. The van der Waals surface area contributed by atoms with Crippen LogP contribution in [0.25, 0.3) is 0 Å². The van der Waals surface area contributed by atoms with E-state index in [0.717, 1.165) is 31.9 Å². The molecule has 118 valence electrons. The van der Waals surface area contributed by atoms with Gasteiger partial charge >= 0.3 is 0 Å². The Hall–Kier alpha value is -1.08. The van der Waals surface area contributed by atoms with E-state index >= 15 is 0 Å². The van der Waals surface area contributed by atoms with Gasteiger partial charge in [-0.15, -0.1) is 6.58 Å². The smallest absolute Gasteiger partial charge is 0.211 e. The Kier molecular flexibility index (Phi) is 10.1. The molecule has 20 heavy (non-hydrogen) atoms. The van der Waals surface area contributed by atoms with E-state index in [9.17, 15) is 8.42 Å². The molecule has 6 nitrogen and oxygen atoms in total. The molecular weight excluding hydrogens is 276 g/mol. The van der Waals surface area contributed by atoms with Crippen LogP contribution >= 0.6 is 0 Å². The molecule has 7 heteroatoms. The van der Waals surface area contributed by atoms with Gasteiger partial charge < -0.3 is 10.2 Å². The predicted molar refractivity (Wildman–Crippen MR) is 85.5 cm³/mol. The summed E-state index contributed by atoms with van der Waals surface area (Å²) < 4.78 is 25.1. The summed E-state index contributed by atoms with van der Waals surface area (Å²) in [5.74, 6) is 0.894. The van der Waals surface area contributed by atoms with E-state index in [-0.39, 0.29) is 5.75 Å². The van der Waals surface area contributed by atoms with Gasteiger partial charge in [0.05, 0.1) is 12.3 Å². The average Bonchev–Trinajstić information content (AvgIpc) is 2.42. The number of rotatable bonds is 10. The molecule has 0 spiro atoms. The van der Waals surface area contributed by atoms with Gasteiger partial charge in [-0.2, -0.15) is 0 Å². The lowest BCUT2D eigenvalue weighted by Gasteiger charge is -2.21. The molecule has 0 unspecified atom stereocenters. The van der Waals surface area contributed by atoms with E-state index in [2.05, 4.69) is 21.6 Å². The van der Waals surface area contributed by atoms with Crippen molar-refractivity contribution in [2.45, 2.75) is 26.7 Å². The summed E-state index contributed by atoms with van der Waals surface area (Å²) in [5, 5.41) is 3.19. The van der Waals surface area contributed by atoms with Crippen molar-refractivity contribution in [3.63, 3.8) is 0 Å². The second kappa shape index (κ2) is 10.7. The van der Waals surface area contributed by atoms with Crippen molar-refractivity contribution < 1.29 is 8.42 Å². The fourth-order valence-corrected chi connectivity index (χ4v) is 2.12. The van der Waals surface area contributed by atoms with E-state index < -0.39 is 10.0 Å². The molecule has 0 rings (SSSR count). The van der Waals surface area contributed by atoms with Crippen LogP contribution in [-0.4, -0.2) is 58.3 Å². The van der Waals surface area contributed by atoms with Gasteiger partial charge in [0.2, 0.25) is 10.0 Å². The second-order valence-electron chi connectivity index (χ2n) is 4.39. The first-order valence-corrected chi connectivity index (χ1v) is 8.69. The van der Waals surface area contributed by atoms with E-state index in [0.29, 0.717) is 13.1 Å². The lowest BCUT2D eigenvalue weighted by atomic mass is 10.3. The standard InChI is InChI=1S/C13H28N4O2S/c1-5-8-9-12-17(4)13(14-6-2)15-10-11-16-20(18,19)7-3/h5,16H,1,6-12H2,2-4H3,(H,14,15). The van der Waals surface area contributed by atoms with Crippen LogP contribution in [0.5, 0.6) is 0 Å². The number of allylic oxidation sites excluding steroid dienone is 1. The third kappa shape index (κ3) is 8.92. The third-order valence-corrected chi connectivity index (χ3v) is 4.08. The van der Waals surface area contributed by atoms with Crippen LogP contribution in [0.2, 0.25) is 0 Å². The van der Waals surface area contributed by atoms with E-state index in [4.69, 9.17) is 0 Å². The SMILES string of the molecule is C=CCCCN(C)C(=NCCNS(=O)(=O)CC)NCC. The maximum Gasteiger partial charge on any atom is 0.211 e. The summed E-state index contributed by atoms with van der Waals surface area (Å²) in [6.45, 7) is 9.74. The van der Waals surface area contributed by atoms with Gasteiger partial charge in [0.1, 0.15) is 0 Å². The van der Waals surface area contributed by atoms with Gasteiger partial charge in [0.15, 0.2) is 5.96 Å². The quantitative estimate of drug-likeness (QED) is 0.271. The van der Waals surface area contributed by atoms with Crippen LogP contribution in [-0.2, 0) is 10.0 Å². The summed E-state index contributed by atoms with van der Waals surface area (Å²) >= 11 is 0. The molecule has 0 radical (unpaired) electrons. The minimum absolute atomic E-state index is 0.0955. The Labute approximate surface area is 123 Å². The Bertz CT molecular complexity index is 393. The highest BCUT2D eigenvalue weighted by atomic mass is 32.2. The number of sulfonamides is 1. The van der Waals surface area contributed by atoms with Crippen molar-refractivity contribution in [3.8, 4) is 0 Å². The van der Waals surface area contributed by atoms with Gasteiger partial charge in [0, 0.05) is 26.7 Å². The van der Waals surface area contributed by atoms with Crippen LogP contribution < -0.4 is 10.0 Å². The third-order valence-electron chi connectivity index (χ3n) is 2.67. The van der Waals surface area contributed by atoms with E-state index in [1.54, 1.807) is 6.92 Å². The first kappa shape index (κ1) is 18.9. The number of unbranched alkanes of at least 4 members (excludes halogenated alkanes) is 1. The van der Waals surface area contributed by atoms with Crippen LogP contribution in [0.4, 0.5) is 0 Å². The molecular formula is C13H28N4O2S. The molecule has 0 amide bonds. The van der Waals surface area contributed by atoms with Gasteiger partial charge in [-0.3, -0.25) is 4.99 Å². The topological polar surface area (TPSA) is 73.8 Å². The molecule has 0 aliphatic carbocycles. The van der Waals surface area contributed by atoms with Crippen molar-refractivity contribution in [2.24, 2.45) is 4.99 Å². The highest BCUT2D eigenvalue weighted by Crippen LogP contribution is 1.94. The summed E-state index contributed by atoms with van der Waals surface area (Å²) in [7, 11) is -1.16. The van der Waals surface area contributed by atoms with Crippen molar-refractivity contribution in [3.05, 3.63) is 12.7 Å². The zero-order valence-corrected chi connectivity index (χ0v) is 13.7. The number of guanidine groups is 1. The summed E-state index contributed by atoms with van der Waals surface area (Å²) in [6.07, 6.45) is 3.89. The highest BCUT2D eigenvalue weighted by Gasteiger charge is 2.06. The van der Waals surface area contributed by atoms with E-state index in [1.165, 1.54) is 0 Å². The zero-order valence-electron chi connectivity index (χ0n) is 12.9. The number of nitrogens with zero attached hydrogens (tertiary/aromatic N) is 2. The van der Waals surface area contributed by atoms with Gasteiger partial charge in [0.25, 0.3) is 0 Å². The Morgan fingerprint density at radius 1 is 1.40 bits per heavy atom. The summed E-state index contributed by atoms with van der Waals surface area (Å²) in [4.78, 5) is 6.45. The molecule has 0 saturated heterocycles. The fraction of sp³-hybridized carbons (Fsp3) is 0.769. The van der Waals surface area contributed by atoms with Crippen molar-refractivity contribution in [2.75, 3.05) is 39.0 Å². The van der Waals surface area contributed by atoms with Crippen LogP contribution in [0.15, 0.2) is 17.6 Å². The maximum atomic E-state index is 11.3. The molecule has 0 heterocycles. The van der Waals surface area contributed by atoms with Crippen LogP contribution in [0, 0.1) is 0 Å². The normalized spacial score (nSPS) is 12.2. The minimum Gasteiger partial charge on any atom is -0.357 e. The number of hydrogen-bond acceptors (Lipinski definition) is 3. The highest BCUT2D eigenvalue weighted by molar-refractivity contribution is 7.89. The predicted octanol–water partition coefficient (Wildman–Crippen LogP) is 0.789. The molecule has 0 aromatic carbocycles. The monoisotopic (exact) mass is 304 g/mol. The van der Waals surface area contributed by atoms with Gasteiger partial charge in [-0.1, -0.05) is 6.08 Å². The van der Waals surface area contributed by atoms with Crippen LogP contribution in [0.1, 0.15) is 26.7 Å². The average molecular weight is 304 g/mol. The Morgan fingerprint density at radius 2 is 2.10 bits per heavy atom. The molecule has 0 saturated carbocycles. The number of hydrogen-bond donors (Lipinski definition) is 2. The molecule has 0 aliphatic heterocycles. The molecule has 0 fully saturated rings. The number of nitrogens with one attached hydrogen (secondary N) is 2. The van der Waals surface area contributed by atoms with Crippen molar-refractivity contribution in [1.29, 1.82) is 0 Å². The largest absolute Gasteiger partial charge is 0.357 e. The molecule has 0 atom stereocenters. The summed E-state index contributed by atoms with van der Waals surface area (Å²) in [6, 6.07) is 0. The first-order chi connectivity index (χ1) is 9.46. The fourth-order valence-electron chi connectivity index (χ4n) is 1.51. The first-order valence-electron chi connectivity index (χ1n) is 7.04. The lowest BCUT2D eigenvalue weighted by Crippen LogP contribution is -2.40. The maximum absolute atomic E-state index is 11.3. The number of aliphatic imine (C=N–C) groups is 1. The Balaban J connectivity index is 4.28. The van der Waals surface area contributed by atoms with Crippen LogP contribution in [0.3, 0.4) is 0 Å². The Morgan fingerprint density at radius 3 is 2.65 bits per heavy atom. The molecule has 0 aromatic heterocycles. The van der Waals surface area contributed by atoms with Gasteiger partial charge in [-0.25, -0.2) is 13.1 Å². The van der Waals surface area contributed by atoms with Gasteiger partial charge in [-0.05, 0) is 26.7 Å². The van der Waals surface area contributed by atoms with Crippen molar-refractivity contribution in [1.82, 2.24) is 14.9 Å². The molecule has 0 aromatic rings. The molecule has 0 bridgehead atoms. The van der Waals surface area contributed by atoms with Crippen molar-refractivity contribution >= 4 is 16.0 Å². The molecule has 2 N–H and O–H groups in total.